The summed E-state index contributed by atoms with van der Waals surface area (Å²) in [5, 5.41) is 0. The molecule has 1 heterocycles. The Balaban J connectivity index is 0.00000256. The molecule has 154 valence electrons. The van der Waals surface area contributed by atoms with Gasteiger partial charge in [-0.25, -0.2) is 4.57 Å². The molecule has 2 aromatic carbocycles. The van der Waals surface area contributed by atoms with Crippen LogP contribution in [0.4, 0.5) is 0 Å². The Morgan fingerprint density at radius 2 is 1.67 bits per heavy atom. The minimum absolute atomic E-state index is 0. The number of Topliss-reactive ketones (excluding diaryl/α,β-unsaturated/α-hetero) is 1. The van der Waals surface area contributed by atoms with Gasteiger partial charge >= 0.3 is 0 Å². The van der Waals surface area contributed by atoms with Crippen molar-refractivity contribution in [1.29, 1.82) is 0 Å². The molecular formula is C25H24BrNO3. The average molecular weight is 466 g/mol. The van der Waals surface area contributed by atoms with Gasteiger partial charge < -0.3 is 26.5 Å². The molecule has 3 aromatic rings. The Kier molecular flexibility index (Phi) is 6.73. The number of benzene rings is 2. The molecule has 30 heavy (non-hydrogen) atoms. The van der Waals surface area contributed by atoms with Crippen LogP contribution in [0.5, 0.6) is 11.5 Å². The first-order valence-electron chi connectivity index (χ1n) is 9.63. The van der Waals surface area contributed by atoms with Crippen LogP contribution in [-0.4, -0.2) is 20.0 Å². The summed E-state index contributed by atoms with van der Waals surface area (Å²) in [6, 6.07) is 16.2. The van der Waals surface area contributed by atoms with E-state index in [9.17, 15) is 4.79 Å². The van der Waals surface area contributed by atoms with Gasteiger partial charge in [0.25, 0.3) is 0 Å². The standard InChI is InChI=1S/C25H24NO3.BrH/c1-17-6-4-5-7-19(17)16-26-10-8-18(9-11-26)12-21-13-20-14-23(28-2)24(29-3)15-22(20)25(21)27;/h4-12,14-15H,13,16H2,1-3H3;1H/q+1;/p-1/b21-12+;. The molecule has 5 heteroatoms. The lowest BCUT2D eigenvalue weighted by atomic mass is 10.1. The number of rotatable bonds is 5. The number of fused-ring (bicyclic) bond motifs is 1. The van der Waals surface area contributed by atoms with E-state index in [4.69, 9.17) is 9.47 Å². The third-order valence-corrected chi connectivity index (χ3v) is 5.40. The van der Waals surface area contributed by atoms with Gasteiger partial charge in [-0.1, -0.05) is 24.3 Å². The molecule has 0 bridgehead atoms. The summed E-state index contributed by atoms with van der Waals surface area (Å²) in [4.78, 5) is 12.8. The molecule has 1 aliphatic carbocycles. The number of ether oxygens (including phenoxy) is 2. The Morgan fingerprint density at radius 1 is 1.00 bits per heavy atom. The van der Waals surface area contributed by atoms with E-state index in [2.05, 4.69) is 48.1 Å². The Labute approximate surface area is 187 Å². The number of aryl methyl sites for hydroxylation is 1. The minimum Gasteiger partial charge on any atom is -1.00 e. The van der Waals surface area contributed by atoms with Gasteiger partial charge in [-0.3, -0.25) is 4.79 Å². The molecule has 0 unspecified atom stereocenters. The average Bonchev–Trinajstić information content (AvgIpc) is 3.04. The molecular weight excluding hydrogens is 442 g/mol. The fraction of sp³-hybridized carbons (Fsp3) is 0.200. The van der Waals surface area contributed by atoms with Gasteiger partial charge in [0.1, 0.15) is 0 Å². The Hall–Kier alpha value is -2.92. The topological polar surface area (TPSA) is 39.4 Å². The number of hydrogen-bond donors (Lipinski definition) is 0. The maximum Gasteiger partial charge on any atom is 0.189 e. The van der Waals surface area contributed by atoms with Crippen LogP contribution < -0.4 is 31.0 Å². The quantitative estimate of drug-likeness (QED) is 0.419. The van der Waals surface area contributed by atoms with E-state index in [0.717, 1.165) is 23.2 Å². The van der Waals surface area contributed by atoms with Crippen molar-refractivity contribution in [3.05, 3.63) is 94.3 Å². The lowest BCUT2D eigenvalue weighted by Gasteiger charge is -2.08. The fourth-order valence-electron chi connectivity index (χ4n) is 3.71. The summed E-state index contributed by atoms with van der Waals surface area (Å²) in [6.07, 6.45) is 6.68. The first-order valence-corrected chi connectivity index (χ1v) is 9.63. The summed E-state index contributed by atoms with van der Waals surface area (Å²) in [7, 11) is 3.19. The molecule has 0 aliphatic heterocycles. The molecule has 1 aromatic heterocycles. The zero-order valence-electron chi connectivity index (χ0n) is 17.3. The highest BCUT2D eigenvalue weighted by Gasteiger charge is 2.27. The molecule has 1 aliphatic rings. The van der Waals surface area contributed by atoms with Crippen molar-refractivity contribution in [3.63, 3.8) is 0 Å². The lowest BCUT2D eigenvalue weighted by Crippen LogP contribution is -3.00. The van der Waals surface area contributed by atoms with Crippen molar-refractivity contribution in [2.24, 2.45) is 0 Å². The van der Waals surface area contributed by atoms with Crippen molar-refractivity contribution < 1.29 is 35.8 Å². The van der Waals surface area contributed by atoms with Gasteiger partial charge in [0.15, 0.2) is 36.2 Å². The van der Waals surface area contributed by atoms with E-state index >= 15 is 0 Å². The van der Waals surface area contributed by atoms with Gasteiger partial charge in [0.2, 0.25) is 0 Å². The first kappa shape index (κ1) is 21.8. The van der Waals surface area contributed by atoms with E-state index in [-0.39, 0.29) is 22.8 Å². The van der Waals surface area contributed by atoms with Crippen LogP contribution in [0.2, 0.25) is 0 Å². The maximum absolute atomic E-state index is 12.8. The van der Waals surface area contributed by atoms with Crippen molar-refractivity contribution in [2.75, 3.05) is 14.2 Å². The van der Waals surface area contributed by atoms with Gasteiger partial charge in [0, 0.05) is 35.3 Å². The van der Waals surface area contributed by atoms with Gasteiger partial charge in [0.05, 0.1) is 14.2 Å². The Bertz CT molecular complexity index is 1100. The first-order chi connectivity index (χ1) is 14.1. The Morgan fingerprint density at radius 3 is 2.33 bits per heavy atom. The van der Waals surface area contributed by atoms with Crippen LogP contribution in [0.25, 0.3) is 6.08 Å². The molecule has 0 atom stereocenters. The third-order valence-electron chi connectivity index (χ3n) is 5.40. The molecule has 0 radical (unpaired) electrons. The van der Waals surface area contributed by atoms with Crippen LogP contribution in [0.1, 0.15) is 32.6 Å². The maximum atomic E-state index is 12.8. The second kappa shape index (κ2) is 9.26. The second-order valence-corrected chi connectivity index (χ2v) is 7.27. The van der Waals surface area contributed by atoms with Crippen LogP contribution in [0, 0.1) is 6.92 Å². The summed E-state index contributed by atoms with van der Waals surface area (Å²) in [6.45, 7) is 2.95. The number of hydrogen-bond acceptors (Lipinski definition) is 3. The molecule has 0 spiro atoms. The SMILES string of the molecule is COc1cc2c(cc1OC)C(=O)/C(=C/c1cc[n+](Cc3ccccc3C)cc1)C2.[Br-]. The fourth-order valence-corrected chi connectivity index (χ4v) is 3.71. The predicted molar refractivity (Wildman–Crippen MR) is 112 cm³/mol. The highest BCUT2D eigenvalue weighted by Crippen LogP contribution is 2.36. The van der Waals surface area contributed by atoms with Crippen LogP contribution in [0.3, 0.4) is 0 Å². The van der Waals surface area contributed by atoms with E-state index in [1.54, 1.807) is 20.3 Å². The van der Waals surface area contributed by atoms with Crippen LogP contribution in [0.15, 0.2) is 66.5 Å². The number of allylic oxidation sites excluding steroid dienone is 1. The molecule has 0 saturated heterocycles. The van der Waals surface area contributed by atoms with Gasteiger partial charge in [-0.2, -0.15) is 0 Å². The monoisotopic (exact) mass is 465 g/mol. The van der Waals surface area contributed by atoms with E-state index in [1.807, 2.05) is 24.3 Å². The normalized spacial score (nSPS) is 13.7. The van der Waals surface area contributed by atoms with E-state index in [0.29, 0.717) is 23.5 Å². The summed E-state index contributed by atoms with van der Waals surface area (Å²) in [5.74, 6) is 1.28. The van der Waals surface area contributed by atoms with Gasteiger partial charge in [-0.15, -0.1) is 0 Å². The van der Waals surface area contributed by atoms with Crippen molar-refractivity contribution in [1.82, 2.24) is 0 Å². The summed E-state index contributed by atoms with van der Waals surface area (Å²) < 4.78 is 12.8. The minimum atomic E-state index is 0. The number of pyridine rings is 1. The van der Waals surface area contributed by atoms with E-state index < -0.39 is 0 Å². The number of methoxy groups -OCH3 is 2. The second-order valence-electron chi connectivity index (χ2n) is 7.27. The molecule has 4 rings (SSSR count). The zero-order valence-corrected chi connectivity index (χ0v) is 18.9. The highest BCUT2D eigenvalue weighted by molar-refractivity contribution is 6.15. The number of ketones is 1. The number of aromatic nitrogens is 1. The largest absolute Gasteiger partial charge is 1.00 e. The highest BCUT2D eigenvalue weighted by atomic mass is 79.9. The van der Waals surface area contributed by atoms with E-state index in [1.165, 1.54) is 11.1 Å². The van der Waals surface area contributed by atoms with Crippen molar-refractivity contribution in [3.8, 4) is 11.5 Å². The van der Waals surface area contributed by atoms with Gasteiger partial charge in [-0.05, 0) is 41.8 Å². The molecule has 0 saturated carbocycles. The number of nitrogens with zero attached hydrogens (tertiary/aromatic N) is 1. The lowest BCUT2D eigenvalue weighted by molar-refractivity contribution is -0.688. The molecule has 0 amide bonds. The summed E-state index contributed by atoms with van der Waals surface area (Å²) in [5.41, 5.74) is 6.05. The number of halogens is 1. The van der Waals surface area contributed by atoms with Crippen LogP contribution >= 0.6 is 0 Å². The third kappa shape index (κ3) is 4.31. The number of carbonyl (C=O) groups excluding carboxylic acids is 1. The number of carbonyl (C=O) groups is 1. The molecule has 0 fully saturated rings. The molecule has 4 nitrogen and oxygen atoms in total. The predicted octanol–water partition coefficient (Wildman–Crippen LogP) is 1.17. The van der Waals surface area contributed by atoms with Crippen molar-refractivity contribution >= 4 is 11.9 Å². The van der Waals surface area contributed by atoms with Crippen LogP contribution in [-0.2, 0) is 13.0 Å². The molecule has 0 N–H and O–H groups in total. The smallest absolute Gasteiger partial charge is 0.189 e. The summed E-state index contributed by atoms with van der Waals surface area (Å²) >= 11 is 0. The van der Waals surface area contributed by atoms with Crippen molar-refractivity contribution in [2.45, 2.75) is 19.9 Å². The zero-order chi connectivity index (χ0) is 20.4.